The predicted octanol–water partition coefficient (Wildman–Crippen LogP) is 4.63. The lowest BCUT2D eigenvalue weighted by Crippen LogP contribution is -1.97. The van der Waals surface area contributed by atoms with Gasteiger partial charge in [-0.3, -0.25) is 0 Å². The zero-order valence-corrected chi connectivity index (χ0v) is 13.9. The van der Waals surface area contributed by atoms with Crippen LogP contribution in [0.2, 0.25) is 0 Å². The van der Waals surface area contributed by atoms with Gasteiger partial charge >= 0.3 is 5.97 Å². The van der Waals surface area contributed by atoms with E-state index in [4.69, 9.17) is 9.47 Å². The number of rotatable bonds is 5. The summed E-state index contributed by atoms with van der Waals surface area (Å²) in [6, 6.07) is 15.7. The van der Waals surface area contributed by atoms with Crippen molar-refractivity contribution < 1.29 is 14.3 Å². The molecule has 0 saturated heterocycles. The molecule has 0 atom stereocenters. The standard InChI is InChI=1S/C21H20O3/c1-3-15-5-9-17(10-6-15)20-14-18(21(22)24-20)13-16-7-11-19(12-8-16)23-4-2/h5-14H,3-4H2,1-2H3/b18-13-. The first-order chi connectivity index (χ1) is 11.7. The topological polar surface area (TPSA) is 35.5 Å². The molecule has 0 saturated carbocycles. The van der Waals surface area contributed by atoms with Gasteiger partial charge in [-0.25, -0.2) is 4.79 Å². The molecule has 0 spiro atoms. The second-order valence-electron chi connectivity index (χ2n) is 5.55. The van der Waals surface area contributed by atoms with Crippen LogP contribution in [0.15, 0.2) is 60.2 Å². The number of carbonyl (C=O) groups is 1. The molecule has 0 bridgehead atoms. The highest BCUT2D eigenvalue weighted by atomic mass is 16.5. The molecule has 0 aromatic heterocycles. The summed E-state index contributed by atoms with van der Waals surface area (Å²) in [5, 5.41) is 0. The molecule has 0 fully saturated rings. The maximum atomic E-state index is 12.1. The minimum absolute atomic E-state index is 0.321. The van der Waals surface area contributed by atoms with E-state index in [2.05, 4.69) is 19.1 Å². The zero-order valence-electron chi connectivity index (χ0n) is 13.9. The molecule has 24 heavy (non-hydrogen) atoms. The Morgan fingerprint density at radius 1 is 1.00 bits per heavy atom. The maximum absolute atomic E-state index is 12.1. The Kier molecular flexibility index (Phi) is 4.80. The Balaban J connectivity index is 1.82. The van der Waals surface area contributed by atoms with Crippen LogP contribution in [0.1, 0.15) is 30.5 Å². The molecule has 3 rings (SSSR count). The summed E-state index contributed by atoms with van der Waals surface area (Å²) in [6.07, 6.45) is 4.60. The van der Waals surface area contributed by atoms with E-state index in [1.54, 1.807) is 6.08 Å². The highest BCUT2D eigenvalue weighted by Gasteiger charge is 2.21. The van der Waals surface area contributed by atoms with Crippen LogP contribution >= 0.6 is 0 Å². The number of esters is 1. The van der Waals surface area contributed by atoms with Crippen molar-refractivity contribution in [1.82, 2.24) is 0 Å². The van der Waals surface area contributed by atoms with Crippen molar-refractivity contribution in [1.29, 1.82) is 0 Å². The molecule has 122 valence electrons. The van der Waals surface area contributed by atoms with Crippen LogP contribution in [0.5, 0.6) is 5.75 Å². The second kappa shape index (κ2) is 7.18. The van der Waals surface area contributed by atoms with Crippen LogP contribution in [0.4, 0.5) is 0 Å². The highest BCUT2D eigenvalue weighted by molar-refractivity contribution is 6.05. The van der Waals surface area contributed by atoms with Crippen LogP contribution in [-0.2, 0) is 16.0 Å². The smallest absolute Gasteiger partial charge is 0.343 e. The molecule has 1 aliphatic rings. The Morgan fingerprint density at radius 2 is 1.71 bits per heavy atom. The lowest BCUT2D eigenvalue weighted by atomic mass is 10.1. The average molecular weight is 320 g/mol. The largest absolute Gasteiger partial charge is 0.494 e. The number of benzene rings is 2. The molecule has 1 heterocycles. The third-order valence-corrected chi connectivity index (χ3v) is 3.88. The Labute approximate surface area is 142 Å². The zero-order chi connectivity index (χ0) is 16.9. The first-order valence-corrected chi connectivity index (χ1v) is 8.17. The van der Waals surface area contributed by atoms with Crippen molar-refractivity contribution in [3.63, 3.8) is 0 Å². The van der Waals surface area contributed by atoms with Crippen molar-refractivity contribution in [3.8, 4) is 5.75 Å². The van der Waals surface area contributed by atoms with Gasteiger partial charge in [0.15, 0.2) is 0 Å². The van der Waals surface area contributed by atoms with Crippen LogP contribution in [0, 0.1) is 0 Å². The number of cyclic esters (lactones) is 1. The molecular weight excluding hydrogens is 300 g/mol. The van der Waals surface area contributed by atoms with Gasteiger partial charge in [0.25, 0.3) is 0 Å². The summed E-state index contributed by atoms with van der Waals surface area (Å²) < 4.78 is 10.8. The quantitative estimate of drug-likeness (QED) is 0.595. The van der Waals surface area contributed by atoms with E-state index >= 15 is 0 Å². The molecule has 2 aromatic carbocycles. The van der Waals surface area contributed by atoms with Crippen molar-refractivity contribution in [2.75, 3.05) is 6.61 Å². The number of hydrogen-bond acceptors (Lipinski definition) is 3. The number of aryl methyl sites for hydroxylation is 1. The minimum Gasteiger partial charge on any atom is -0.494 e. The van der Waals surface area contributed by atoms with Gasteiger partial charge in [0.2, 0.25) is 0 Å². The van der Waals surface area contributed by atoms with E-state index in [1.165, 1.54) is 5.56 Å². The summed E-state index contributed by atoms with van der Waals surface area (Å²) in [4.78, 5) is 12.1. The van der Waals surface area contributed by atoms with Gasteiger partial charge in [0.05, 0.1) is 12.2 Å². The third kappa shape index (κ3) is 3.57. The summed E-state index contributed by atoms with van der Waals surface area (Å²) in [5.41, 5.74) is 3.66. The SMILES string of the molecule is CCOc1ccc(/C=C2/C=C(c3ccc(CC)cc3)OC2=O)cc1. The second-order valence-corrected chi connectivity index (χ2v) is 5.55. The van der Waals surface area contributed by atoms with Crippen LogP contribution < -0.4 is 4.74 Å². The molecule has 0 radical (unpaired) electrons. The molecule has 3 nitrogen and oxygen atoms in total. The minimum atomic E-state index is -0.321. The molecule has 0 aliphatic carbocycles. The number of ether oxygens (including phenoxy) is 2. The van der Waals surface area contributed by atoms with Crippen LogP contribution in [0.25, 0.3) is 11.8 Å². The van der Waals surface area contributed by atoms with Crippen molar-refractivity contribution in [2.45, 2.75) is 20.3 Å². The van der Waals surface area contributed by atoms with Crippen LogP contribution in [0.3, 0.4) is 0 Å². The molecule has 1 aliphatic heterocycles. The summed E-state index contributed by atoms with van der Waals surface area (Å²) in [6.45, 7) is 4.70. The van der Waals surface area contributed by atoms with Gasteiger partial charge in [0, 0.05) is 5.56 Å². The Bertz CT molecular complexity index is 781. The van der Waals surface area contributed by atoms with Gasteiger partial charge in [-0.1, -0.05) is 43.3 Å². The fourth-order valence-corrected chi connectivity index (χ4v) is 2.54. The monoisotopic (exact) mass is 320 g/mol. The Morgan fingerprint density at radius 3 is 2.33 bits per heavy atom. The van der Waals surface area contributed by atoms with Gasteiger partial charge in [0.1, 0.15) is 11.5 Å². The van der Waals surface area contributed by atoms with Crippen molar-refractivity contribution in [2.24, 2.45) is 0 Å². The molecule has 0 unspecified atom stereocenters. The fourth-order valence-electron chi connectivity index (χ4n) is 2.54. The first-order valence-electron chi connectivity index (χ1n) is 8.17. The van der Waals surface area contributed by atoms with Crippen LogP contribution in [-0.4, -0.2) is 12.6 Å². The average Bonchev–Trinajstić information content (AvgIpc) is 2.98. The summed E-state index contributed by atoms with van der Waals surface area (Å²) >= 11 is 0. The van der Waals surface area contributed by atoms with Crippen molar-refractivity contribution in [3.05, 3.63) is 76.9 Å². The number of carbonyl (C=O) groups excluding carboxylic acids is 1. The van der Waals surface area contributed by atoms with Gasteiger partial charge in [-0.05, 0) is 48.8 Å². The fraction of sp³-hybridized carbons (Fsp3) is 0.190. The summed E-state index contributed by atoms with van der Waals surface area (Å²) in [5.74, 6) is 1.10. The first kappa shape index (κ1) is 16.1. The van der Waals surface area contributed by atoms with E-state index in [1.807, 2.05) is 49.4 Å². The molecule has 0 amide bonds. The lowest BCUT2D eigenvalue weighted by Gasteiger charge is -2.03. The molecule has 0 N–H and O–H groups in total. The van der Waals surface area contributed by atoms with Gasteiger partial charge in [-0.2, -0.15) is 0 Å². The lowest BCUT2D eigenvalue weighted by molar-refractivity contribution is -0.130. The number of hydrogen-bond donors (Lipinski definition) is 0. The molecule has 3 heteroatoms. The highest BCUT2D eigenvalue weighted by Crippen LogP contribution is 2.28. The summed E-state index contributed by atoms with van der Waals surface area (Å²) in [7, 11) is 0. The Hall–Kier alpha value is -2.81. The van der Waals surface area contributed by atoms with E-state index in [0.717, 1.165) is 23.3 Å². The van der Waals surface area contributed by atoms with E-state index in [9.17, 15) is 4.79 Å². The van der Waals surface area contributed by atoms with E-state index in [0.29, 0.717) is 17.9 Å². The van der Waals surface area contributed by atoms with Crippen molar-refractivity contribution >= 4 is 17.8 Å². The van der Waals surface area contributed by atoms with E-state index in [-0.39, 0.29) is 5.97 Å². The van der Waals surface area contributed by atoms with E-state index < -0.39 is 0 Å². The normalized spacial score (nSPS) is 15.3. The third-order valence-electron chi connectivity index (χ3n) is 3.88. The van der Waals surface area contributed by atoms with Gasteiger partial charge in [-0.15, -0.1) is 0 Å². The predicted molar refractivity (Wildman–Crippen MR) is 95.5 cm³/mol. The molecule has 2 aromatic rings. The molecular formula is C21H20O3. The van der Waals surface area contributed by atoms with Gasteiger partial charge < -0.3 is 9.47 Å². The maximum Gasteiger partial charge on any atom is 0.343 e.